The molecule has 2 heterocycles. The molecule has 0 unspecified atom stereocenters. The molecular weight excluding hydrogens is 402 g/mol. The Morgan fingerprint density at radius 3 is 2.10 bits per heavy atom. The van der Waals surface area contributed by atoms with Gasteiger partial charge in [-0.15, -0.1) is 0 Å². The third-order valence-corrected chi connectivity index (χ3v) is 6.62. The van der Waals surface area contributed by atoms with Crippen molar-refractivity contribution in [2.75, 3.05) is 26.2 Å². The largest absolute Gasteiger partial charge is 0.334 e. The number of piperazine rings is 1. The van der Waals surface area contributed by atoms with Crippen LogP contribution in [0, 0.1) is 11.6 Å². The van der Waals surface area contributed by atoms with Gasteiger partial charge in [-0.3, -0.25) is 4.90 Å². The highest BCUT2D eigenvalue weighted by Crippen LogP contribution is 2.20. The summed E-state index contributed by atoms with van der Waals surface area (Å²) in [6.07, 6.45) is 0. The number of benzene rings is 2. The Hall–Kier alpha value is -2.69. The Morgan fingerprint density at radius 2 is 1.48 bits per heavy atom. The molecule has 7 nitrogen and oxygen atoms in total. The Morgan fingerprint density at radius 1 is 0.897 bits per heavy atom. The number of hydrogen-bond donors (Lipinski definition) is 0. The van der Waals surface area contributed by atoms with Crippen LogP contribution in [0.4, 0.5) is 8.78 Å². The van der Waals surface area contributed by atoms with Crippen LogP contribution < -0.4 is 0 Å². The normalized spacial score (nSPS) is 16.2. The van der Waals surface area contributed by atoms with Crippen molar-refractivity contribution in [3.05, 3.63) is 66.0 Å². The van der Waals surface area contributed by atoms with Crippen molar-refractivity contribution >= 4 is 10.0 Å². The maximum absolute atomic E-state index is 13.1. The Labute approximate surface area is 166 Å². The lowest BCUT2D eigenvalue weighted by atomic mass is 10.2. The first-order valence-electron chi connectivity index (χ1n) is 8.98. The van der Waals surface area contributed by atoms with Gasteiger partial charge in [0.05, 0.1) is 11.4 Å². The van der Waals surface area contributed by atoms with Gasteiger partial charge >= 0.3 is 0 Å². The maximum Gasteiger partial charge on any atom is 0.257 e. The molecule has 1 fully saturated rings. The van der Waals surface area contributed by atoms with Gasteiger partial charge in [0.1, 0.15) is 11.6 Å². The van der Waals surface area contributed by atoms with Crippen molar-refractivity contribution in [1.82, 2.24) is 19.3 Å². The van der Waals surface area contributed by atoms with Gasteiger partial charge in [0, 0.05) is 31.7 Å². The van der Waals surface area contributed by atoms with E-state index in [1.165, 1.54) is 28.6 Å². The van der Waals surface area contributed by atoms with E-state index in [4.69, 9.17) is 4.52 Å². The first-order chi connectivity index (χ1) is 13.9. The molecule has 10 heteroatoms. The molecule has 4 rings (SSSR count). The van der Waals surface area contributed by atoms with Crippen LogP contribution in [-0.2, 0) is 16.6 Å². The van der Waals surface area contributed by atoms with Crippen LogP contribution in [0.2, 0.25) is 0 Å². The summed E-state index contributed by atoms with van der Waals surface area (Å²) in [5, 5.41) is 3.94. The zero-order valence-corrected chi connectivity index (χ0v) is 16.1. The second-order valence-electron chi connectivity index (χ2n) is 6.66. The summed E-state index contributed by atoms with van der Waals surface area (Å²) in [5.74, 6) is -0.0486. The summed E-state index contributed by atoms with van der Waals surface area (Å²) >= 11 is 0. The lowest BCUT2D eigenvalue weighted by Crippen LogP contribution is -2.48. The third-order valence-electron chi connectivity index (χ3n) is 4.71. The second-order valence-corrected chi connectivity index (χ2v) is 8.59. The minimum atomic E-state index is -3.65. The van der Waals surface area contributed by atoms with Crippen LogP contribution >= 0.6 is 0 Å². The SMILES string of the molecule is O=S(=O)(c1ccc(F)cc1)N1CCN(Cc2noc(-c3ccc(F)cc3)n2)CC1. The molecule has 0 amide bonds. The number of halogens is 2. The van der Waals surface area contributed by atoms with E-state index >= 15 is 0 Å². The van der Waals surface area contributed by atoms with Crippen molar-refractivity contribution < 1.29 is 21.7 Å². The smallest absolute Gasteiger partial charge is 0.257 e. The maximum atomic E-state index is 13.1. The van der Waals surface area contributed by atoms with Gasteiger partial charge in [0.2, 0.25) is 10.0 Å². The van der Waals surface area contributed by atoms with Gasteiger partial charge < -0.3 is 4.52 Å². The standard InChI is InChI=1S/C19H18F2N4O3S/c20-15-3-1-14(2-4-15)19-22-18(23-28-19)13-24-9-11-25(12-10-24)29(26,27)17-7-5-16(21)6-8-17/h1-8H,9-13H2. The molecule has 0 spiro atoms. The minimum Gasteiger partial charge on any atom is -0.334 e. The van der Waals surface area contributed by atoms with Crippen LogP contribution in [0.1, 0.15) is 5.82 Å². The summed E-state index contributed by atoms with van der Waals surface area (Å²) in [6.45, 7) is 2.03. The van der Waals surface area contributed by atoms with E-state index in [0.717, 1.165) is 12.1 Å². The molecular formula is C19H18F2N4O3S. The molecule has 1 aliphatic rings. The fourth-order valence-electron chi connectivity index (χ4n) is 3.11. The molecule has 0 saturated carbocycles. The molecule has 0 atom stereocenters. The van der Waals surface area contributed by atoms with E-state index in [0.29, 0.717) is 50.0 Å². The van der Waals surface area contributed by atoms with Gasteiger partial charge in [-0.05, 0) is 48.5 Å². The summed E-state index contributed by atoms with van der Waals surface area (Å²) in [4.78, 5) is 6.42. The van der Waals surface area contributed by atoms with Crippen molar-refractivity contribution in [2.24, 2.45) is 0 Å². The zero-order chi connectivity index (χ0) is 20.4. The molecule has 152 valence electrons. The van der Waals surface area contributed by atoms with Crippen molar-refractivity contribution in [3.63, 3.8) is 0 Å². The summed E-state index contributed by atoms with van der Waals surface area (Å²) in [6, 6.07) is 10.6. The highest BCUT2D eigenvalue weighted by atomic mass is 32.2. The molecule has 1 aliphatic heterocycles. The van der Waals surface area contributed by atoms with E-state index in [9.17, 15) is 17.2 Å². The van der Waals surface area contributed by atoms with Gasteiger partial charge in [0.15, 0.2) is 5.82 Å². The Bertz CT molecular complexity index is 1080. The Kier molecular flexibility index (Phi) is 5.39. The van der Waals surface area contributed by atoms with E-state index < -0.39 is 15.8 Å². The zero-order valence-electron chi connectivity index (χ0n) is 15.3. The molecule has 0 radical (unpaired) electrons. The number of sulfonamides is 1. The second kappa shape index (κ2) is 7.97. The monoisotopic (exact) mass is 420 g/mol. The van der Waals surface area contributed by atoms with E-state index in [1.807, 2.05) is 4.90 Å². The fraction of sp³-hybridized carbons (Fsp3) is 0.263. The minimum absolute atomic E-state index is 0.0782. The predicted octanol–water partition coefficient (Wildman–Crippen LogP) is 2.52. The third kappa shape index (κ3) is 4.34. The molecule has 0 aliphatic carbocycles. The number of nitrogens with zero attached hydrogens (tertiary/aromatic N) is 4. The molecule has 29 heavy (non-hydrogen) atoms. The number of hydrogen-bond acceptors (Lipinski definition) is 6. The topological polar surface area (TPSA) is 79.5 Å². The average Bonchev–Trinajstić information content (AvgIpc) is 3.18. The van der Waals surface area contributed by atoms with Gasteiger partial charge in [-0.25, -0.2) is 17.2 Å². The van der Waals surface area contributed by atoms with Gasteiger partial charge in [-0.2, -0.15) is 9.29 Å². The first kappa shape index (κ1) is 19.6. The van der Waals surface area contributed by atoms with Crippen molar-refractivity contribution in [2.45, 2.75) is 11.4 Å². The highest BCUT2D eigenvalue weighted by molar-refractivity contribution is 7.89. The highest BCUT2D eigenvalue weighted by Gasteiger charge is 2.29. The molecule has 3 aromatic rings. The Balaban J connectivity index is 1.37. The van der Waals surface area contributed by atoms with E-state index in [-0.39, 0.29) is 10.7 Å². The molecule has 2 aromatic carbocycles. The molecule has 0 N–H and O–H groups in total. The molecule has 1 saturated heterocycles. The average molecular weight is 420 g/mol. The number of rotatable bonds is 5. The lowest BCUT2D eigenvalue weighted by Gasteiger charge is -2.33. The summed E-state index contributed by atoms with van der Waals surface area (Å²) in [5.41, 5.74) is 0.625. The van der Waals surface area contributed by atoms with Crippen LogP contribution in [-0.4, -0.2) is 53.9 Å². The lowest BCUT2D eigenvalue weighted by molar-refractivity contribution is 0.176. The van der Waals surface area contributed by atoms with Crippen LogP contribution in [0.5, 0.6) is 0 Å². The van der Waals surface area contributed by atoms with E-state index in [2.05, 4.69) is 10.1 Å². The van der Waals surface area contributed by atoms with Crippen LogP contribution in [0.25, 0.3) is 11.5 Å². The molecule has 1 aromatic heterocycles. The van der Waals surface area contributed by atoms with Crippen molar-refractivity contribution in [1.29, 1.82) is 0 Å². The summed E-state index contributed by atoms with van der Waals surface area (Å²) in [7, 11) is -3.65. The van der Waals surface area contributed by atoms with Gasteiger partial charge in [-0.1, -0.05) is 5.16 Å². The van der Waals surface area contributed by atoms with Crippen LogP contribution in [0.3, 0.4) is 0 Å². The first-order valence-corrected chi connectivity index (χ1v) is 10.4. The predicted molar refractivity (Wildman–Crippen MR) is 100 cm³/mol. The van der Waals surface area contributed by atoms with E-state index in [1.54, 1.807) is 12.1 Å². The molecule has 0 bridgehead atoms. The summed E-state index contributed by atoms with van der Waals surface area (Å²) < 4.78 is 58.0. The van der Waals surface area contributed by atoms with Gasteiger partial charge in [0.25, 0.3) is 5.89 Å². The van der Waals surface area contributed by atoms with Crippen molar-refractivity contribution in [3.8, 4) is 11.5 Å². The number of aromatic nitrogens is 2. The fourth-order valence-corrected chi connectivity index (χ4v) is 4.53. The van der Waals surface area contributed by atoms with Crippen LogP contribution in [0.15, 0.2) is 57.9 Å². The quantitative estimate of drug-likeness (QED) is 0.631.